The molecule has 4 aliphatic carbocycles. The van der Waals surface area contributed by atoms with Gasteiger partial charge in [0, 0.05) is 13.3 Å². The van der Waals surface area contributed by atoms with Gasteiger partial charge in [0.2, 0.25) is 0 Å². The Hall–Kier alpha value is -1.05. The summed E-state index contributed by atoms with van der Waals surface area (Å²) in [5.41, 5.74) is 4.14. The SMILES string of the molecule is C/C=C1/CC[C@H]2C3CC=C4C[C@@H](OC(C)=O)CC[C@]4(C)C3CC[C@]12C. The van der Waals surface area contributed by atoms with Crippen molar-refractivity contribution in [2.24, 2.45) is 28.6 Å². The molecule has 0 aromatic rings. The van der Waals surface area contributed by atoms with Crippen LogP contribution >= 0.6 is 0 Å². The van der Waals surface area contributed by atoms with Crippen LogP contribution in [0.2, 0.25) is 0 Å². The molecule has 0 heterocycles. The van der Waals surface area contributed by atoms with Crippen molar-refractivity contribution >= 4 is 5.97 Å². The monoisotopic (exact) mass is 342 g/mol. The molecule has 0 aromatic heterocycles. The lowest BCUT2D eigenvalue weighted by Crippen LogP contribution is -2.49. The van der Waals surface area contributed by atoms with Gasteiger partial charge in [-0.25, -0.2) is 0 Å². The van der Waals surface area contributed by atoms with Crippen molar-refractivity contribution < 1.29 is 9.53 Å². The molecular formula is C23H34O2. The van der Waals surface area contributed by atoms with Crippen LogP contribution in [0.3, 0.4) is 0 Å². The van der Waals surface area contributed by atoms with Crippen molar-refractivity contribution in [2.75, 3.05) is 0 Å². The van der Waals surface area contributed by atoms with Gasteiger partial charge in [-0.05, 0) is 80.5 Å². The van der Waals surface area contributed by atoms with Crippen molar-refractivity contribution in [2.45, 2.75) is 85.2 Å². The minimum absolute atomic E-state index is 0.114. The molecule has 6 atom stereocenters. The Morgan fingerprint density at radius 1 is 1.16 bits per heavy atom. The Balaban J connectivity index is 1.60. The van der Waals surface area contributed by atoms with Crippen molar-refractivity contribution in [3.8, 4) is 0 Å². The second-order valence-electron chi connectivity index (χ2n) is 9.54. The fourth-order valence-corrected chi connectivity index (χ4v) is 7.28. The molecule has 2 unspecified atom stereocenters. The highest BCUT2D eigenvalue weighted by atomic mass is 16.5. The summed E-state index contributed by atoms with van der Waals surface area (Å²) in [5, 5.41) is 0. The van der Waals surface area contributed by atoms with Crippen LogP contribution in [0.4, 0.5) is 0 Å². The van der Waals surface area contributed by atoms with Crippen molar-refractivity contribution in [3.63, 3.8) is 0 Å². The highest BCUT2D eigenvalue weighted by Crippen LogP contribution is 2.66. The number of carbonyl (C=O) groups is 1. The summed E-state index contributed by atoms with van der Waals surface area (Å²) in [4.78, 5) is 11.4. The molecule has 0 N–H and O–H groups in total. The van der Waals surface area contributed by atoms with Crippen molar-refractivity contribution in [1.29, 1.82) is 0 Å². The summed E-state index contributed by atoms with van der Waals surface area (Å²) >= 11 is 0. The molecule has 3 saturated carbocycles. The predicted molar refractivity (Wildman–Crippen MR) is 101 cm³/mol. The number of ether oxygens (including phenoxy) is 1. The topological polar surface area (TPSA) is 26.3 Å². The van der Waals surface area contributed by atoms with E-state index >= 15 is 0 Å². The molecule has 2 nitrogen and oxygen atoms in total. The minimum atomic E-state index is -0.124. The molecule has 0 radical (unpaired) electrons. The number of hydrogen-bond donors (Lipinski definition) is 0. The van der Waals surface area contributed by atoms with Gasteiger partial charge < -0.3 is 4.74 Å². The van der Waals surface area contributed by atoms with Crippen LogP contribution in [0.1, 0.15) is 79.1 Å². The molecule has 4 aliphatic rings. The van der Waals surface area contributed by atoms with E-state index in [0.29, 0.717) is 10.8 Å². The number of allylic oxidation sites excluding steroid dienone is 3. The summed E-state index contributed by atoms with van der Waals surface area (Å²) in [6.07, 6.45) is 15.0. The Morgan fingerprint density at radius 2 is 1.88 bits per heavy atom. The number of fused-ring (bicyclic) bond motifs is 5. The molecule has 4 rings (SSSR count). The predicted octanol–water partition coefficient (Wildman–Crippen LogP) is 5.83. The first-order valence-corrected chi connectivity index (χ1v) is 10.4. The lowest BCUT2D eigenvalue weighted by Gasteiger charge is -2.57. The molecule has 0 amide bonds. The van der Waals surface area contributed by atoms with E-state index in [0.717, 1.165) is 30.6 Å². The second kappa shape index (κ2) is 5.99. The maximum atomic E-state index is 11.4. The van der Waals surface area contributed by atoms with Crippen molar-refractivity contribution in [3.05, 3.63) is 23.3 Å². The molecule has 0 spiro atoms. The standard InChI is InChI=1S/C23H34O2/c1-5-16-7-9-20-19-8-6-17-14-18(25-15(2)24)10-12-23(17,4)21(19)11-13-22(16,20)3/h5-6,18-21H,7-14H2,1-4H3/b16-5-/t18-,19?,20-,21?,22+,23-/m0/s1. The highest BCUT2D eigenvalue weighted by molar-refractivity contribution is 5.66. The van der Waals surface area contributed by atoms with Crippen LogP contribution in [0.5, 0.6) is 0 Å². The summed E-state index contributed by atoms with van der Waals surface area (Å²) in [5.74, 6) is 2.44. The molecule has 0 aliphatic heterocycles. The third-order valence-electron chi connectivity index (χ3n) is 8.59. The average Bonchev–Trinajstić information content (AvgIpc) is 2.91. The van der Waals surface area contributed by atoms with E-state index in [1.807, 2.05) is 0 Å². The largest absolute Gasteiger partial charge is 0.462 e. The molecule has 3 fully saturated rings. The zero-order chi connectivity index (χ0) is 17.8. The van der Waals surface area contributed by atoms with E-state index < -0.39 is 0 Å². The van der Waals surface area contributed by atoms with Crippen LogP contribution in [-0.2, 0) is 9.53 Å². The molecule has 25 heavy (non-hydrogen) atoms. The van der Waals surface area contributed by atoms with Crippen molar-refractivity contribution in [1.82, 2.24) is 0 Å². The van der Waals surface area contributed by atoms with Crippen LogP contribution in [0.15, 0.2) is 23.3 Å². The van der Waals surface area contributed by atoms with Crippen LogP contribution in [-0.4, -0.2) is 12.1 Å². The Morgan fingerprint density at radius 3 is 2.60 bits per heavy atom. The van der Waals surface area contributed by atoms with E-state index in [1.165, 1.54) is 38.5 Å². The summed E-state index contributed by atoms with van der Waals surface area (Å²) in [6, 6.07) is 0. The fourth-order valence-electron chi connectivity index (χ4n) is 7.28. The zero-order valence-corrected chi connectivity index (χ0v) is 16.4. The summed E-state index contributed by atoms with van der Waals surface area (Å²) in [7, 11) is 0. The second-order valence-corrected chi connectivity index (χ2v) is 9.54. The smallest absolute Gasteiger partial charge is 0.302 e. The molecular weight excluding hydrogens is 308 g/mol. The number of esters is 1. The van der Waals surface area contributed by atoms with Gasteiger partial charge in [0.1, 0.15) is 6.10 Å². The molecule has 0 bridgehead atoms. The van der Waals surface area contributed by atoms with Gasteiger partial charge in [-0.15, -0.1) is 0 Å². The molecule has 138 valence electrons. The molecule has 2 heteroatoms. The van der Waals surface area contributed by atoms with Gasteiger partial charge in [0.25, 0.3) is 0 Å². The van der Waals surface area contributed by atoms with Gasteiger partial charge in [0.15, 0.2) is 0 Å². The van der Waals surface area contributed by atoms with E-state index in [-0.39, 0.29) is 12.1 Å². The van der Waals surface area contributed by atoms with Gasteiger partial charge >= 0.3 is 5.97 Å². The Bertz CT molecular complexity index is 630. The van der Waals surface area contributed by atoms with Gasteiger partial charge in [-0.3, -0.25) is 4.79 Å². The summed E-state index contributed by atoms with van der Waals surface area (Å²) in [6.45, 7) is 8.86. The molecule has 0 aromatic carbocycles. The van der Waals surface area contributed by atoms with Gasteiger partial charge in [0.05, 0.1) is 0 Å². The quantitative estimate of drug-likeness (QED) is 0.443. The first kappa shape index (κ1) is 17.4. The lowest BCUT2D eigenvalue weighted by molar-refractivity contribution is -0.148. The van der Waals surface area contributed by atoms with Crippen LogP contribution in [0, 0.1) is 28.6 Å². The maximum absolute atomic E-state index is 11.4. The van der Waals surface area contributed by atoms with Crippen LogP contribution in [0.25, 0.3) is 0 Å². The third kappa shape index (κ3) is 2.54. The van der Waals surface area contributed by atoms with E-state index in [1.54, 1.807) is 18.1 Å². The van der Waals surface area contributed by atoms with Gasteiger partial charge in [-0.2, -0.15) is 0 Å². The van der Waals surface area contributed by atoms with Gasteiger partial charge in [-0.1, -0.05) is 37.1 Å². The zero-order valence-electron chi connectivity index (χ0n) is 16.4. The lowest BCUT2D eigenvalue weighted by atomic mass is 9.48. The first-order valence-electron chi connectivity index (χ1n) is 10.4. The Labute approximate surface area is 153 Å². The normalized spacial score (nSPS) is 47.5. The number of hydrogen-bond acceptors (Lipinski definition) is 2. The number of carbonyl (C=O) groups excluding carboxylic acids is 1. The van der Waals surface area contributed by atoms with E-state index in [4.69, 9.17) is 4.74 Å². The average molecular weight is 343 g/mol. The minimum Gasteiger partial charge on any atom is -0.462 e. The van der Waals surface area contributed by atoms with Crippen LogP contribution < -0.4 is 0 Å². The highest BCUT2D eigenvalue weighted by Gasteiger charge is 2.57. The molecule has 0 saturated heterocycles. The first-order chi connectivity index (χ1) is 11.9. The van der Waals surface area contributed by atoms with E-state index in [9.17, 15) is 4.79 Å². The van der Waals surface area contributed by atoms with E-state index in [2.05, 4.69) is 32.9 Å². The maximum Gasteiger partial charge on any atom is 0.302 e. The number of rotatable bonds is 1. The summed E-state index contributed by atoms with van der Waals surface area (Å²) < 4.78 is 5.55. The third-order valence-corrected chi connectivity index (χ3v) is 8.59. The Kier molecular flexibility index (Phi) is 4.16. The fraction of sp³-hybridized carbons (Fsp3) is 0.783.